The van der Waals surface area contributed by atoms with Gasteiger partial charge in [-0.25, -0.2) is 4.68 Å². The molecule has 1 N–H and O–H groups in total. The number of rotatable bonds is 3. The molecular weight excluding hydrogens is 288 g/mol. The van der Waals surface area contributed by atoms with Crippen molar-refractivity contribution in [2.24, 2.45) is 7.05 Å². The van der Waals surface area contributed by atoms with Crippen molar-refractivity contribution in [2.45, 2.75) is 18.2 Å². The highest BCUT2D eigenvalue weighted by atomic mass is 32.2. The topological polar surface area (TPSA) is 38.5 Å². The van der Waals surface area contributed by atoms with E-state index in [1.54, 1.807) is 11.8 Å². The van der Waals surface area contributed by atoms with E-state index in [-0.39, 0.29) is 0 Å². The Morgan fingerprint density at radius 3 is 2.60 bits per heavy atom. The molecule has 0 aliphatic rings. The Bertz CT molecular complexity index is 808. The lowest BCUT2D eigenvalue weighted by molar-refractivity contribution is 0.748. The van der Waals surface area contributed by atoms with Crippen molar-refractivity contribution < 1.29 is 0 Å². The summed E-state index contributed by atoms with van der Waals surface area (Å²) in [7, 11) is 1.96. The zero-order valence-corrected chi connectivity index (χ0v) is 13.3. The van der Waals surface area contributed by atoms with E-state index in [1.165, 1.54) is 4.90 Å². The summed E-state index contributed by atoms with van der Waals surface area (Å²) in [5.74, 6) is 0. The summed E-state index contributed by atoms with van der Waals surface area (Å²) < 4.78 is 4.64. The van der Waals surface area contributed by atoms with Crippen LogP contribution in [0.5, 0.6) is 0 Å². The molecule has 0 radical (unpaired) electrons. The fourth-order valence-electron chi connectivity index (χ4n) is 2.43. The number of fused-ring (bicyclic) bond motifs is 1. The van der Waals surface area contributed by atoms with E-state index in [2.05, 4.69) is 47.5 Å². The molecule has 0 aliphatic heterocycles. The molecule has 0 bridgehead atoms. The van der Waals surface area contributed by atoms with Crippen LogP contribution in [0.2, 0.25) is 0 Å². The first-order chi connectivity index (χ1) is 9.65. The maximum absolute atomic E-state index is 5.48. The Morgan fingerprint density at radius 1 is 1.30 bits per heavy atom. The molecule has 2 heterocycles. The molecule has 1 aromatic carbocycles. The number of benzene rings is 1. The van der Waals surface area contributed by atoms with Crippen LogP contribution in [0.25, 0.3) is 16.9 Å². The highest BCUT2D eigenvalue weighted by Crippen LogP contribution is 2.24. The molecule has 4 nitrogen and oxygen atoms in total. The number of hydrogen-bond donors (Lipinski definition) is 1. The number of aromatic nitrogens is 4. The maximum Gasteiger partial charge on any atom is 0.184 e. The number of hydrogen-bond acceptors (Lipinski definition) is 3. The lowest BCUT2D eigenvalue weighted by Crippen LogP contribution is -2.00. The molecule has 20 heavy (non-hydrogen) atoms. The van der Waals surface area contributed by atoms with Crippen LogP contribution in [0.15, 0.2) is 29.2 Å². The van der Waals surface area contributed by atoms with Crippen LogP contribution in [-0.2, 0) is 13.5 Å². The average molecular weight is 304 g/mol. The Hall–Kier alpha value is -1.53. The first kappa shape index (κ1) is 13.5. The van der Waals surface area contributed by atoms with Gasteiger partial charge in [-0.1, -0.05) is 6.92 Å². The first-order valence-corrected chi connectivity index (χ1v) is 8.10. The van der Waals surface area contributed by atoms with Gasteiger partial charge in [0.05, 0.1) is 5.69 Å². The van der Waals surface area contributed by atoms with Gasteiger partial charge < -0.3 is 4.98 Å². The number of aromatic amines is 1. The highest BCUT2D eigenvalue weighted by molar-refractivity contribution is 7.98. The second-order valence-corrected chi connectivity index (χ2v) is 5.85. The van der Waals surface area contributed by atoms with Crippen LogP contribution in [0, 0.1) is 4.77 Å². The zero-order valence-electron chi connectivity index (χ0n) is 11.7. The summed E-state index contributed by atoms with van der Waals surface area (Å²) in [5.41, 5.74) is 4.16. The zero-order chi connectivity index (χ0) is 14.3. The van der Waals surface area contributed by atoms with Gasteiger partial charge in [-0.05, 0) is 49.2 Å². The van der Waals surface area contributed by atoms with E-state index in [1.807, 2.05) is 16.3 Å². The molecule has 0 amide bonds. The average Bonchev–Trinajstić information content (AvgIpc) is 2.96. The van der Waals surface area contributed by atoms with Crippen LogP contribution >= 0.6 is 24.0 Å². The van der Waals surface area contributed by atoms with Crippen LogP contribution < -0.4 is 0 Å². The molecule has 0 spiro atoms. The van der Waals surface area contributed by atoms with Crippen molar-refractivity contribution in [1.82, 2.24) is 19.3 Å². The van der Waals surface area contributed by atoms with Crippen molar-refractivity contribution in [1.29, 1.82) is 0 Å². The lowest BCUT2D eigenvalue weighted by atomic mass is 10.3. The minimum atomic E-state index is 0.708. The van der Waals surface area contributed by atoms with E-state index < -0.39 is 0 Å². The third-order valence-electron chi connectivity index (χ3n) is 3.40. The van der Waals surface area contributed by atoms with Crippen molar-refractivity contribution in [2.75, 3.05) is 6.26 Å². The van der Waals surface area contributed by atoms with Gasteiger partial charge in [-0.15, -0.1) is 11.8 Å². The smallest absolute Gasteiger partial charge is 0.184 e. The van der Waals surface area contributed by atoms with Gasteiger partial charge in [0.2, 0.25) is 0 Å². The van der Waals surface area contributed by atoms with Crippen LogP contribution in [0.1, 0.15) is 12.6 Å². The number of nitrogens with zero attached hydrogens (tertiary/aromatic N) is 3. The molecule has 3 aromatic rings. The van der Waals surface area contributed by atoms with Crippen LogP contribution in [0.4, 0.5) is 0 Å². The normalized spacial score (nSPS) is 11.3. The van der Waals surface area contributed by atoms with Crippen LogP contribution in [-0.4, -0.2) is 25.6 Å². The second-order valence-electron chi connectivity index (χ2n) is 4.59. The molecule has 0 saturated carbocycles. The standard InChI is InChI=1S/C14H16N4S2/c1-4-11-12-13(17(2)16-11)18(14(19)15-12)9-5-7-10(20-3)8-6-9/h5-8H,4H2,1-3H3,(H,15,19). The predicted octanol–water partition coefficient (Wildman–Crippen LogP) is 3.71. The molecule has 3 rings (SSSR count). The molecule has 0 unspecified atom stereocenters. The summed E-state index contributed by atoms with van der Waals surface area (Å²) in [6.07, 6.45) is 2.96. The van der Waals surface area contributed by atoms with Gasteiger partial charge >= 0.3 is 0 Å². The first-order valence-electron chi connectivity index (χ1n) is 6.46. The minimum Gasteiger partial charge on any atom is -0.327 e. The molecule has 0 saturated heterocycles. The van der Waals surface area contributed by atoms with E-state index in [9.17, 15) is 0 Å². The molecule has 0 fully saturated rings. The van der Waals surface area contributed by atoms with E-state index in [0.717, 1.165) is 29.0 Å². The molecule has 104 valence electrons. The van der Waals surface area contributed by atoms with Gasteiger partial charge in [0.25, 0.3) is 0 Å². The summed E-state index contributed by atoms with van der Waals surface area (Å²) in [6.45, 7) is 2.10. The molecular formula is C14H16N4S2. The SMILES string of the molecule is CCc1nn(C)c2c1[nH]c(=S)n2-c1ccc(SC)cc1. The van der Waals surface area contributed by atoms with Crippen molar-refractivity contribution >= 4 is 35.1 Å². The maximum atomic E-state index is 5.48. The second kappa shape index (κ2) is 5.10. The van der Waals surface area contributed by atoms with Crippen LogP contribution in [0.3, 0.4) is 0 Å². The van der Waals surface area contributed by atoms with Crippen molar-refractivity contribution in [3.8, 4) is 5.69 Å². The third kappa shape index (κ3) is 1.99. The Labute approximate surface area is 126 Å². The van der Waals surface area contributed by atoms with Gasteiger partial charge in [0, 0.05) is 17.6 Å². The molecule has 2 aromatic heterocycles. The minimum absolute atomic E-state index is 0.708. The van der Waals surface area contributed by atoms with Gasteiger partial charge in [0.15, 0.2) is 10.4 Å². The Morgan fingerprint density at radius 2 is 2.00 bits per heavy atom. The fourth-order valence-corrected chi connectivity index (χ4v) is 3.13. The number of aryl methyl sites for hydroxylation is 2. The predicted molar refractivity (Wildman–Crippen MR) is 86.4 cm³/mol. The summed E-state index contributed by atoms with van der Waals surface area (Å²) in [4.78, 5) is 4.53. The summed E-state index contributed by atoms with van der Waals surface area (Å²) in [5, 5.41) is 4.54. The van der Waals surface area contributed by atoms with Crippen molar-refractivity contribution in [3.05, 3.63) is 34.7 Å². The molecule has 0 aliphatic carbocycles. The van der Waals surface area contributed by atoms with E-state index in [0.29, 0.717) is 4.77 Å². The highest BCUT2D eigenvalue weighted by Gasteiger charge is 2.15. The van der Waals surface area contributed by atoms with E-state index in [4.69, 9.17) is 12.2 Å². The quantitative estimate of drug-likeness (QED) is 0.592. The third-order valence-corrected chi connectivity index (χ3v) is 4.43. The molecule has 6 heteroatoms. The Kier molecular flexibility index (Phi) is 3.43. The number of imidazole rings is 1. The Balaban J connectivity index is 2.27. The lowest BCUT2D eigenvalue weighted by Gasteiger charge is -2.05. The fraction of sp³-hybridized carbons (Fsp3) is 0.286. The molecule has 0 atom stereocenters. The largest absolute Gasteiger partial charge is 0.327 e. The number of thioether (sulfide) groups is 1. The monoisotopic (exact) mass is 304 g/mol. The van der Waals surface area contributed by atoms with Gasteiger partial charge in [-0.3, -0.25) is 4.57 Å². The van der Waals surface area contributed by atoms with Crippen molar-refractivity contribution in [3.63, 3.8) is 0 Å². The number of nitrogens with one attached hydrogen (secondary N) is 1. The van der Waals surface area contributed by atoms with Gasteiger partial charge in [0.1, 0.15) is 5.52 Å². The summed E-state index contributed by atoms with van der Waals surface area (Å²) in [6, 6.07) is 8.40. The number of H-pyrrole nitrogens is 1. The summed E-state index contributed by atoms with van der Waals surface area (Å²) >= 11 is 7.21. The van der Waals surface area contributed by atoms with E-state index >= 15 is 0 Å². The van der Waals surface area contributed by atoms with Gasteiger partial charge in [-0.2, -0.15) is 5.10 Å².